The third-order valence-corrected chi connectivity index (χ3v) is 8.81. The molecule has 1 aromatic heterocycles. The number of nitrogens with one attached hydrogen (secondary N) is 1. The van der Waals surface area contributed by atoms with Crippen LogP contribution in [0.4, 0.5) is 17.3 Å². The van der Waals surface area contributed by atoms with Gasteiger partial charge in [0.1, 0.15) is 0 Å². The summed E-state index contributed by atoms with van der Waals surface area (Å²) in [4.78, 5) is 14.0. The van der Waals surface area contributed by atoms with Gasteiger partial charge in [-0.3, -0.25) is 0 Å². The highest BCUT2D eigenvalue weighted by atomic mass is 35.5. The van der Waals surface area contributed by atoms with Crippen molar-refractivity contribution in [1.82, 2.24) is 14.9 Å². The number of piperazine rings is 1. The highest BCUT2D eigenvalue weighted by molar-refractivity contribution is 7.90. The lowest BCUT2D eigenvalue weighted by Crippen LogP contribution is -2.44. The molecule has 9 heteroatoms. The predicted octanol–water partition coefficient (Wildman–Crippen LogP) is 5.10. The number of hydrogen-bond donors (Lipinski definition) is 1. The number of benzene rings is 2. The first kappa shape index (κ1) is 27.4. The van der Waals surface area contributed by atoms with Crippen molar-refractivity contribution in [2.45, 2.75) is 32.9 Å². The molecule has 2 heterocycles. The first-order chi connectivity index (χ1) is 17.6. The molecule has 1 aliphatic rings. The van der Waals surface area contributed by atoms with Crippen LogP contribution in [0.15, 0.2) is 48.7 Å². The molecule has 1 aliphatic heterocycles. The van der Waals surface area contributed by atoms with Crippen LogP contribution in [0.5, 0.6) is 0 Å². The lowest BCUT2D eigenvalue weighted by molar-refractivity contribution is 0.313. The van der Waals surface area contributed by atoms with Gasteiger partial charge in [-0.2, -0.15) is 0 Å². The SMILES string of the molecule is Cc1cnc(Nc2ccc(N3CCN(C)CC3)cc2)nc1Cc1ccc(Cl)c(CS(=O)(=O)CC(C)C)c1. The molecule has 0 unspecified atom stereocenters. The number of rotatable bonds is 9. The van der Waals surface area contributed by atoms with E-state index in [0.29, 0.717) is 23.0 Å². The van der Waals surface area contributed by atoms with Crippen LogP contribution in [0.2, 0.25) is 5.02 Å². The fourth-order valence-electron chi connectivity index (χ4n) is 4.51. The Bertz CT molecular complexity index is 1320. The summed E-state index contributed by atoms with van der Waals surface area (Å²) < 4.78 is 25.1. The van der Waals surface area contributed by atoms with Crippen LogP contribution in [0.3, 0.4) is 0 Å². The minimum absolute atomic E-state index is 0.0580. The van der Waals surface area contributed by atoms with Crippen LogP contribution in [0.25, 0.3) is 0 Å². The van der Waals surface area contributed by atoms with Crippen molar-refractivity contribution in [3.63, 3.8) is 0 Å². The van der Waals surface area contributed by atoms with Crippen molar-refractivity contribution < 1.29 is 8.42 Å². The number of hydrogen-bond acceptors (Lipinski definition) is 7. The van der Waals surface area contributed by atoms with Gasteiger partial charge in [0, 0.05) is 55.2 Å². The maximum atomic E-state index is 12.5. The second kappa shape index (κ2) is 11.8. The molecule has 3 aromatic rings. The summed E-state index contributed by atoms with van der Waals surface area (Å²) in [6, 6.07) is 13.9. The number of halogens is 1. The van der Waals surface area contributed by atoms with E-state index in [9.17, 15) is 8.42 Å². The molecule has 0 aliphatic carbocycles. The van der Waals surface area contributed by atoms with Gasteiger partial charge in [-0.05, 0) is 66.9 Å². The summed E-state index contributed by atoms with van der Waals surface area (Å²) in [7, 11) is -1.08. The Morgan fingerprint density at radius 1 is 1.05 bits per heavy atom. The maximum Gasteiger partial charge on any atom is 0.227 e. The minimum Gasteiger partial charge on any atom is -0.369 e. The topological polar surface area (TPSA) is 78.4 Å². The zero-order valence-corrected chi connectivity index (χ0v) is 23.6. The second-order valence-corrected chi connectivity index (χ2v) is 12.9. The van der Waals surface area contributed by atoms with Crippen LogP contribution in [-0.4, -0.2) is 62.3 Å². The molecule has 1 fully saturated rings. The maximum absolute atomic E-state index is 12.5. The van der Waals surface area contributed by atoms with E-state index >= 15 is 0 Å². The summed E-state index contributed by atoms with van der Waals surface area (Å²) >= 11 is 6.35. The summed E-state index contributed by atoms with van der Waals surface area (Å²) in [5.74, 6) is 0.688. The Morgan fingerprint density at radius 2 is 1.76 bits per heavy atom. The van der Waals surface area contributed by atoms with Gasteiger partial charge in [-0.15, -0.1) is 0 Å². The number of aryl methyl sites for hydroxylation is 1. The van der Waals surface area contributed by atoms with E-state index in [1.165, 1.54) is 5.69 Å². The van der Waals surface area contributed by atoms with E-state index in [1.807, 2.05) is 39.1 Å². The van der Waals surface area contributed by atoms with Crippen LogP contribution < -0.4 is 10.2 Å². The normalized spacial score (nSPS) is 14.8. The fourth-order valence-corrected chi connectivity index (χ4v) is 6.62. The molecule has 0 amide bonds. The second-order valence-electron chi connectivity index (χ2n) is 10.3. The largest absolute Gasteiger partial charge is 0.369 e. The highest BCUT2D eigenvalue weighted by Crippen LogP contribution is 2.24. The van der Waals surface area contributed by atoms with Gasteiger partial charge >= 0.3 is 0 Å². The molecule has 0 bridgehead atoms. The van der Waals surface area contributed by atoms with Crippen LogP contribution in [0, 0.1) is 12.8 Å². The summed E-state index contributed by atoms with van der Waals surface area (Å²) in [5.41, 5.74) is 5.59. The quantitative estimate of drug-likeness (QED) is 0.404. The molecular formula is C28H36ClN5O2S. The first-order valence-corrected chi connectivity index (χ1v) is 14.9. The molecule has 2 aromatic carbocycles. The van der Waals surface area contributed by atoms with E-state index < -0.39 is 9.84 Å². The number of nitrogens with zero attached hydrogens (tertiary/aromatic N) is 4. The molecule has 1 N–H and O–H groups in total. The van der Waals surface area contributed by atoms with Crippen molar-refractivity contribution in [3.05, 3.63) is 76.1 Å². The lowest BCUT2D eigenvalue weighted by atomic mass is 10.0. The Hall–Kier alpha value is -2.68. The van der Waals surface area contributed by atoms with Gasteiger partial charge in [0.25, 0.3) is 0 Å². The van der Waals surface area contributed by atoms with Gasteiger partial charge in [0.2, 0.25) is 5.95 Å². The third kappa shape index (κ3) is 7.66. The molecular weight excluding hydrogens is 506 g/mol. The first-order valence-electron chi connectivity index (χ1n) is 12.7. The average molecular weight is 542 g/mol. The standard InChI is InChI=1S/C28H36ClN5O2S/c1-20(2)18-37(35,36)19-23-15-22(5-10-26(23)29)16-27-21(3)17-30-28(32-27)31-24-6-8-25(9-7-24)34-13-11-33(4)12-14-34/h5-10,15,17,20H,11-14,16,18-19H2,1-4H3,(H,30,31,32). The van der Waals surface area contributed by atoms with Gasteiger partial charge in [0.05, 0.1) is 17.2 Å². The van der Waals surface area contributed by atoms with Crippen molar-refractivity contribution in [2.75, 3.05) is 49.2 Å². The molecule has 0 spiro atoms. The third-order valence-electron chi connectivity index (χ3n) is 6.51. The van der Waals surface area contributed by atoms with Crippen LogP contribution in [-0.2, 0) is 22.0 Å². The fraction of sp³-hybridized carbons (Fsp3) is 0.429. The van der Waals surface area contributed by atoms with Crippen molar-refractivity contribution in [1.29, 1.82) is 0 Å². The van der Waals surface area contributed by atoms with Crippen molar-refractivity contribution in [2.24, 2.45) is 5.92 Å². The van der Waals surface area contributed by atoms with Crippen molar-refractivity contribution >= 4 is 38.8 Å². The van der Waals surface area contributed by atoms with Crippen LogP contribution >= 0.6 is 11.6 Å². The zero-order chi connectivity index (χ0) is 26.6. The van der Waals surface area contributed by atoms with Gasteiger partial charge in [-0.25, -0.2) is 18.4 Å². The van der Waals surface area contributed by atoms with Gasteiger partial charge in [0.15, 0.2) is 9.84 Å². The Balaban J connectivity index is 1.46. The number of aromatic nitrogens is 2. The van der Waals surface area contributed by atoms with E-state index in [4.69, 9.17) is 16.6 Å². The van der Waals surface area contributed by atoms with E-state index in [1.54, 1.807) is 6.07 Å². The van der Waals surface area contributed by atoms with Crippen LogP contribution in [0.1, 0.15) is 36.2 Å². The average Bonchev–Trinajstić information content (AvgIpc) is 2.83. The molecule has 0 radical (unpaired) electrons. The monoisotopic (exact) mass is 541 g/mol. The molecule has 4 rings (SSSR count). The number of anilines is 3. The van der Waals surface area contributed by atoms with E-state index in [-0.39, 0.29) is 17.4 Å². The Morgan fingerprint density at radius 3 is 2.43 bits per heavy atom. The zero-order valence-electron chi connectivity index (χ0n) is 22.0. The van der Waals surface area contributed by atoms with E-state index in [0.717, 1.165) is 48.7 Å². The Labute approximate surface area is 225 Å². The lowest BCUT2D eigenvalue weighted by Gasteiger charge is -2.34. The molecule has 37 heavy (non-hydrogen) atoms. The molecule has 198 valence electrons. The smallest absolute Gasteiger partial charge is 0.227 e. The summed E-state index contributed by atoms with van der Waals surface area (Å²) in [5, 5.41) is 3.79. The minimum atomic E-state index is -3.23. The Kier molecular flexibility index (Phi) is 8.72. The number of sulfone groups is 1. The molecule has 0 saturated carbocycles. The molecule has 7 nitrogen and oxygen atoms in total. The molecule has 1 saturated heterocycles. The van der Waals surface area contributed by atoms with Gasteiger partial charge < -0.3 is 15.1 Å². The van der Waals surface area contributed by atoms with Gasteiger partial charge in [-0.1, -0.05) is 37.6 Å². The predicted molar refractivity (Wildman–Crippen MR) is 153 cm³/mol. The van der Waals surface area contributed by atoms with Crippen molar-refractivity contribution in [3.8, 4) is 0 Å². The van der Waals surface area contributed by atoms with E-state index in [2.05, 4.69) is 51.4 Å². The molecule has 0 atom stereocenters. The highest BCUT2D eigenvalue weighted by Gasteiger charge is 2.17. The number of likely N-dealkylation sites (N-methyl/N-ethyl adjacent to an activating group) is 1. The summed E-state index contributed by atoms with van der Waals surface area (Å²) in [6.07, 6.45) is 2.37. The summed E-state index contributed by atoms with van der Waals surface area (Å²) in [6.45, 7) is 10.00.